The highest BCUT2D eigenvalue weighted by Crippen LogP contribution is 2.31. The maximum absolute atomic E-state index is 11.2. The molecule has 0 radical (unpaired) electrons. The lowest BCUT2D eigenvalue weighted by molar-refractivity contribution is -0.244. The fraction of sp³-hybridized carbons (Fsp3) is 0.273. The molecule has 39 heavy (non-hydrogen) atoms. The van der Waals surface area contributed by atoms with Crippen LogP contribution < -0.4 is 0 Å². The molecule has 202 valence electrons. The number of benzene rings is 4. The summed E-state index contributed by atoms with van der Waals surface area (Å²) in [6.45, 7) is 1.81. The first-order chi connectivity index (χ1) is 19.3. The van der Waals surface area contributed by atoms with Gasteiger partial charge in [0.15, 0.2) is 6.23 Å². The third kappa shape index (κ3) is 7.83. The molecule has 1 heterocycles. The molecule has 1 aliphatic heterocycles. The van der Waals surface area contributed by atoms with Gasteiger partial charge in [-0.2, -0.15) is 5.06 Å². The average Bonchev–Trinajstić information content (AvgIpc) is 3.34. The SMILES string of the molecule is ON(Cc1ccccc1)[C@@H]1O[C@@H](COCc2ccccc2)[C@@H](OCc2ccccc2)[C@@H]1OCc1ccccc1. The van der Waals surface area contributed by atoms with Gasteiger partial charge in [0.2, 0.25) is 0 Å². The van der Waals surface area contributed by atoms with Gasteiger partial charge in [0, 0.05) is 0 Å². The van der Waals surface area contributed by atoms with Gasteiger partial charge in [0.25, 0.3) is 0 Å². The molecule has 0 unspecified atom stereocenters. The van der Waals surface area contributed by atoms with Gasteiger partial charge >= 0.3 is 0 Å². The standard InChI is InChI=1S/C33H35NO5/c35-34(21-26-13-5-1-6-14-26)33-32(38-24-29-19-11-4-12-20-29)31(37-23-28-17-9-3-10-18-28)30(39-33)25-36-22-27-15-7-2-8-16-27/h1-20,30-33,35H,21-25H2/t30-,31+,32-,33+/m0/s1. The fourth-order valence-corrected chi connectivity index (χ4v) is 4.72. The highest BCUT2D eigenvalue weighted by molar-refractivity contribution is 5.16. The van der Waals surface area contributed by atoms with Crippen molar-refractivity contribution in [1.29, 1.82) is 0 Å². The van der Waals surface area contributed by atoms with E-state index in [1.165, 1.54) is 5.06 Å². The van der Waals surface area contributed by atoms with E-state index in [-0.39, 0.29) is 0 Å². The largest absolute Gasteiger partial charge is 0.374 e. The van der Waals surface area contributed by atoms with Crippen LogP contribution in [0.25, 0.3) is 0 Å². The Labute approximate surface area is 230 Å². The Morgan fingerprint density at radius 2 is 1.00 bits per heavy atom. The van der Waals surface area contributed by atoms with Crippen molar-refractivity contribution >= 4 is 0 Å². The Bertz CT molecular complexity index is 1230. The Hall–Kier alpha value is -3.36. The van der Waals surface area contributed by atoms with Crippen LogP contribution in [-0.4, -0.2) is 41.4 Å². The van der Waals surface area contributed by atoms with Crippen LogP contribution in [0.5, 0.6) is 0 Å². The molecule has 0 aromatic heterocycles. The third-order valence-corrected chi connectivity index (χ3v) is 6.73. The summed E-state index contributed by atoms with van der Waals surface area (Å²) in [5.74, 6) is 0. The quantitative estimate of drug-likeness (QED) is 0.216. The van der Waals surface area contributed by atoms with Crippen LogP contribution in [0.4, 0.5) is 0 Å². The van der Waals surface area contributed by atoms with Crippen molar-refractivity contribution in [2.24, 2.45) is 0 Å². The number of hydroxylamine groups is 2. The minimum absolute atomic E-state index is 0.291. The number of nitrogens with zero attached hydrogens (tertiary/aromatic N) is 1. The van der Waals surface area contributed by atoms with Crippen LogP contribution >= 0.6 is 0 Å². The Morgan fingerprint density at radius 3 is 1.51 bits per heavy atom. The summed E-state index contributed by atoms with van der Waals surface area (Å²) in [4.78, 5) is 0. The van der Waals surface area contributed by atoms with Gasteiger partial charge in [-0.05, 0) is 22.3 Å². The molecular weight excluding hydrogens is 490 g/mol. The Balaban J connectivity index is 1.35. The van der Waals surface area contributed by atoms with E-state index >= 15 is 0 Å². The molecule has 6 nitrogen and oxygen atoms in total. The zero-order chi connectivity index (χ0) is 26.7. The van der Waals surface area contributed by atoms with E-state index in [0.29, 0.717) is 33.0 Å². The summed E-state index contributed by atoms with van der Waals surface area (Å²) < 4.78 is 25.4. The van der Waals surface area contributed by atoms with Crippen LogP contribution in [-0.2, 0) is 45.3 Å². The maximum Gasteiger partial charge on any atom is 0.162 e. The van der Waals surface area contributed by atoms with Crippen LogP contribution in [0.2, 0.25) is 0 Å². The number of hydrogen-bond donors (Lipinski definition) is 1. The van der Waals surface area contributed by atoms with E-state index in [0.717, 1.165) is 22.3 Å². The van der Waals surface area contributed by atoms with Gasteiger partial charge in [0.1, 0.15) is 18.3 Å². The number of ether oxygens (including phenoxy) is 4. The average molecular weight is 526 g/mol. The van der Waals surface area contributed by atoms with Gasteiger partial charge in [-0.1, -0.05) is 121 Å². The molecule has 4 atom stereocenters. The second-order valence-corrected chi connectivity index (χ2v) is 9.67. The summed E-state index contributed by atoms with van der Waals surface area (Å²) in [7, 11) is 0. The first kappa shape index (κ1) is 27.2. The zero-order valence-electron chi connectivity index (χ0n) is 21.9. The van der Waals surface area contributed by atoms with Gasteiger partial charge in [-0.15, -0.1) is 0 Å². The monoisotopic (exact) mass is 525 g/mol. The van der Waals surface area contributed by atoms with Crippen molar-refractivity contribution < 1.29 is 24.2 Å². The molecule has 5 rings (SSSR count). The Kier molecular flexibility index (Phi) is 9.87. The number of hydrogen-bond acceptors (Lipinski definition) is 6. The summed E-state index contributed by atoms with van der Waals surface area (Å²) in [5, 5.41) is 12.4. The van der Waals surface area contributed by atoms with Crippen molar-refractivity contribution in [3.63, 3.8) is 0 Å². The highest BCUT2D eigenvalue weighted by atomic mass is 16.7. The molecule has 1 N–H and O–H groups in total. The van der Waals surface area contributed by atoms with Crippen LogP contribution in [0.15, 0.2) is 121 Å². The minimum Gasteiger partial charge on any atom is -0.374 e. The predicted molar refractivity (Wildman–Crippen MR) is 149 cm³/mol. The van der Waals surface area contributed by atoms with Crippen LogP contribution in [0.1, 0.15) is 22.3 Å². The van der Waals surface area contributed by atoms with Crippen LogP contribution in [0.3, 0.4) is 0 Å². The summed E-state index contributed by atoms with van der Waals surface area (Å²) in [6.07, 6.45) is -2.18. The van der Waals surface area contributed by atoms with Crippen molar-refractivity contribution in [1.82, 2.24) is 5.06 Å². The third-order valence-electron chi connectivity index (χ3n) is 6.73. The first-order valence-electron chi connectivity index (χ1n) is 13.3. The molecule has 1 aliphatic rings. The molecule has 0 spiro atoms. The van der Waals surface area contributed by atoms with Crippen molar-refractivity contribution in [2.75, 3.05) is 6.61 Å². The van der Waals surface area contributed by atoms with Crippen molar-refractivity contribution in [3.05, 3.63) is 144 Å². The maximum atomic E-state index is 11.2. The summed E-state index contributed by atoms with van der Waals surface area (Å²) >= 11 is 0. The van der Waals surface area contributed by atoms with E-state index in [4.69, 9.17) is 18.9 Å². The van der Waals surface area contributed by atoms with E-state index in [1.54, 1.807) is 0 Å². The molecule has 0 saturated carbocycles. The first-order valence-corrected chi connectivity index (χ1v) is 13.3. The fourth-order valence-electron chi connectivity index (χ4n) is 4.72. The zero-order valence-corrected chi connectivity index (χ0v) is 21.9. The predicted octanol–water partition coefficient (Wildman–Crippen LogP) is 5.99. The second-order valence-electron chi connectivity index (χ2n) is 9.67. The highest BCUT2D eigenvalue weighted by Gasteiger charge is 2.49. The smallest absolute Gasteiger partial charge is 0.162 e. The molecule has 4 aromatic rings. The van der Waals surface area contributed by atoms with E-state index in [2.05, 4.69) is 0 Å². The van der Waals surface area contributed by atoms with Gasteiger partial charge in [-0.25, -0.2) is 0 Å². The van der Waals surface area contributed by atoms with Gasteiger partial charge in [0.05, 0.1) is 33.0 Å². The normalized spacial score (nSPS) is 20.9. The summed E-state index contributed by atoms with van der Waals surface area (Å²) in [5.41, 5.74) is 4.14. The van der Waals surface area contributed by atoms with Crippen molar-refractivity contribution in [2.45, 2.75) is 50.9 Å². The molecular formula is C33H35NO5. The van der Waals surface area contributed by atoms with Gasteiger partial charge in [-0.3, -0.25) is 0 Å². The lowest BCUT2D eigenvalue weighted by Gasteiger charge is -2.28. The molecule has 0 aliphatic carbocycles. The minimum atomic E-state index is -0.736. The van der Waals surface area contributed by atoms with E-state index < -0.39 is 24.5 Å². The molecule has 4 aromatic carbocycles. The topological polar surface area (TPSA) is 60.4 Å². The second kappa shape index (κ2) is 14.1. The Morgan fingerprint density at radius 1 is 0.564 bits per heavy atom. The lowest BCUT2D eigenvalue weighted by atomic mass is 10.1. The van der Waals surface area contributed by atoms with E-state index in [9.17, 15) is 5.21 Å². The molecule has 1 saturated heterocycles. The number of rotatable bonds is 13. The lowest BCUT2D eigenvalue weighted by Crippen LogP contribution is -2.44. The molecule has 6 heteroatoms. The van der Waals surface area contributed by atoms with Crippen molar-refractivity contribution in [3.8, 4) is 0 Å². The van der Waals surface area contributed by atoms with Crippen LogP contribution in [0, 0.1) is 0 Å². The molecule has 1 fully saturated rings. The molecule has 0 bridgehead atoms. The summed E-state index contributed by atoms with van der Waals surface area (Å²) in [6, 6.07) is 39.9. The van der Waals surface area contributed by atoms with Gasteiger partial charge < -0.3 is 24.2 Å². The molecule has 0 amide bonds. The van der Waals surface area contributed by atoms with E-state index in [1.807, 2.05) is 121 Å².